The highest BCUT2D eigenvalue weighted by atomic mass is 32.1. The zero-order valence-electron chi connectivity index (χ0n) is 12.6. The van der Waals surface area contributed by atoms with Crippen LogP contribution in [0.3, 0.4) is 0 Å². The number of nitrogens with zero attached hydrogens (tertiary/aromatic N) is 3. The van der Waals surface area contributed by atoms with Gasteiger partial charge in [0.05, 0.1) is 17.4 Å². The number of hydrogen-bond acceptors (Lipinski definition) is 5. The molecule has 7 heteroatoms. The van der Waals surface area contributed by atoms with E-state index < -0.39 is 5.69 Å². The van der Waals surface area contributed by atoms with Crippen LogP contribution in [0.15, 0.2) is 33.9 Å². The summed E-state index contributed by atoms with van der Waals surface area (Å²) in [4.78, 5) is 27.3. The number of benzene rings is 1. The molecule has 3 aromatic rings. The SMILES string of the molecule is CC(C)(C)c1nnc(Cn2c(=O)[nH]c3ccccc3c2=O)s1. The fraction of sp³-hybridized carbons (Fsp3) is 0.333. The summed E-state index contributed by atoms with van der Waals surface area (Å²) in [5.41, 5.74) is -0.305. The van der Waals surface area contributed by atoms with Crippen LogP contribution in [0.5, 0.6) is 0 Å². The minimum Gasteiger partial charge on any atom is -0.307 e. The van der Waals surface area contributed by atoms with E-state index in [1.807, 2.05) is 20.8 Å². The van der Waals surface area contributed by atoms with Gasteiger partial charge in [-0.15, -0.1) is 10.2 Å². The first-order valence-electron chi connectivity index (χ1n) is 6.91. The van der Waals surface area contributed by atoms with Crippen LogP contribution < -0.4 is 11.2 Å². The molecule has 0 spiro atoms. The Morgan fingerprint density at radius 2 is 1.91 bits per heavy atom. The van der Waals surface area contributed by atoms with Gasteiger partial charge in [0.1, 0.15) is 10.0 Å². The summed E-state index contributed by atoms with van der Waals surface area (Å²) in [7, 11) is 0. The van der Waals surface area contributed by atoms with Crippen LogP contribution in [-0.4, -0.2) is 19.7 Å². The average Bonchev–Trinajstić information content (AvgIpc) is 2.92. The molecule has 0 aliphatic heterocycles. The fourth-order valence-electron chi connectivity index (χ4n) is 2.10. The quantitative estimate of drug-likeness (QED) is 0.783. The fourth-order valence-corrected chi connectivity index (χ4v) is 2.98. The highest BCUT2D eigenvalue weighted by Gasteiger charge is 2.20. The van der Waals surface area contributed by atoms with Gasteiger partial charge in [0.2, 0.25) is 0 Å². The molecule has 0 aliphatic rings. The van der Waals surface area contributed by atoms with Crippen LogP contribution >= 0.6 is 11.3 Å². The van der Waals surface area contributed by atoms with Crippen LogP contribution in [0.2, 0.25) is 0 Å². The molecule has 0 radical (unpaired) electrons. The number of nitrogens with one attached hydrogen (secondary N) is 1. The number of para-hydroxylation sites is 1. The summed E-state index contributed by atoms with van der Waals surface area (Å²) in [5.74, 6) is 0. The lowest BCUT2D eigenvalue weighted by Crippen LogP contribution is -2.35. The first kappa shape index (κ1) is 14.6. The molecule has 0 fully saturated rings. The van der Waals surface area contributed by atoms with Crippen molar-refractivity contribution in [2.75, 3.05) is 0 Å². The molecular weight excluding hydrogens is 300 g/mol. The first-order chi connectivity index (χ1) is 10.4. The van der Waals surface area contributed by atoms with Gasteiger partial charge in [0.15, 0.2) is 0 Å². The normalized spacial score (nSPS) is 12.0. The summed E-state index contributed by atoms with van der Waals surface area (Å²) < 4.78 is 1.16. The van der Waals surface area contributed by atoms with Gasteiger partial charge in [0.25, 0.3) is 5.56 Å². The van der Waals surface area contributed by atoms with E-state index in [0.717, 1.165) is 9.57 Å². The van der Waals surface area contributed by atoms with E-state index in [1.54, 1.807) is 24.3 Å². The molecule has 0 bridgehead atoms. The summed E-state index contributed by atoms with van der Waals surface area (Å²) in [6.45, 7) is 6.28. The first-order valence-corrected chi connectivity index (χ1v) is 7.72. The maximum absolute atomic E-state index is 12.5. The van der Waals surface area contributed by atoms with Crippen molar-refractivity contribution in [3.8, 4) is 0 Å². The van der Waals surface area contributed by atoms with E-state index in [9.17, 15) is 9.59 Å². The molecule has 2 heterocycles. The predicted molar refractivity (Wildman–Crippen MR) is 86.5 cm³/mol. The average molecular weight is 316 g/mol. The van der Waals surface area contributed by atoms with Crippen LogP contribution in [-0.2, 0) is 12.0 Å². The van der Waals surface area contributed by atoms with Crippen molar-refractivity contribution in [2.45, 2.75) is 32.7 Å². The molecule has 0 amide bonds. The van der Waals surface area contributed by atoms with E-state index in [1.165, 1.54) is 11.3 Å². The van der Waals surface area contributed by atoms with Gasteiger partial charge in [-0.1, -0.05) is 44.2 Å². The Kier molecular flexibility index (Phi) is 3.44. The second kappa shape index (κ2) is 5.17. The Morgan fingerprint density at radius 1 is 1.18 bits per heavy atom. The van der Waals surface area contributed by atoms with Crippen molar-refractivity contribution >= 4 is 22.2 Å². The molecule has 22 heavy (non-hydrogen) atoms. The van der Waals surface area contributed by atoms with E-state index in [-0.39, 0.29) is 17.5 Å². The zero-order chi connectivity index (χ0) is 15.9. The number of rotatable bonds is 2. The lowest BCUT2D eigenvalue weighted by atomic mass is 9.98. The van der Waals surface area contributed by atoms with Gasteiger partial charge in [-0.3, -0.25) is 9.36 Å². The molecule has 0 saturated heterocycles. The number of hydrogen-bond donors (Lipinski definition) is 1. The van der Waals surface area contributed by atoms with Crippen LogP contribution in [0, 0.1) is 0 Å². The summed E-state index contributed by atoms with van der Waals surface area (Å²) in [6.07, 6.45) is 0. The van der Waals surface area contributed by atoms with Crippen molar-refractivity contribution in [2.24, 2.45) is 0 Å². The Morgan fingerprint density at radius 3 is 2.59 bits per heavy atom. The lowest BCUT2D eigenvalue weighted by molar-refractivity contribution is 0.577. The third-order valence-electron chi connectivity index (χ3n) is 3.29. The molecule has 1 aromatic carbocycles. The highest BCUT2D eigenvalue weighted by Crippen LogP contribution is 2.25. The van der Waals surface area contributed by atoms with Crippen molar-refractivity contribution in [3.05, 3.63) is 55.1 Å². The molecule has 0 atom stereocenters. The van der Waals surface area contributed by atoms with Gasteiger partial charge in [-0.25, -0.2) is 4.79 Å². The van der Waals surface area contributed by atoms with Crippen molar-refractivity contribution in [1.29, 1.82) is 0 Å². The standard InChI is InChI=1S/C15H16N4O2S/c1-15(2,3)13-18-17-11(22-13)8-19-12(20)9-6-4-5-7-10(9)16-14(19)21/h4-7H,8H2,1-3H3,(H,16,21). The summed E-state index contributed by atoms with van der Waals surface area (Å²) in [6, 6.07) is 6.97. The molecule has 0 saturated carbocycles. The molecule has 0 aliphatic carbocycles. The Bertz CT molecular complexity index is 946. The molecule has 0 unspecified atom stereocenters. The monoisotopic (exact) mass is 316 g/mol. The third kappa shape index (κ3) is 2.59. The largest absolute Gasteiger partial charge is 0.329 e. The second-order valence-electron chi connectivity index (χ2n) is 6.12. The predicted octanol–water partition coefficient (Wildman–Crippen LogP) is 1.89. The van der Waals surface area contributed by atoms with Gasteiger partial charge in [-0.05, 0) is 12.1 Å². The maximum atomic E-state index is 12.5. The van der Waals surface area contributed by atoms with Gasteiger partial charge >= 0.3 is 5.69 Å². The Balaban J connectivity index is 2.06. The van der Waals surface area contributed by atoms with E-state index in [2.05, 4.69) is 15.2 Å². The topological polar surface area (TPSA) is 80.6 Å². The molecule has 3 rings (SSSR count). The van der Waals surface area contributed by atoms with Gasteiger partial charge in [-0.2, -0.15) is 0 Å². The maximum Gasteiger partial charge on any atom is 0.329 e. The Hall–Kier alpha value is -2.28. The molecule has 2 aromatic heterocycles. The molecular formula is C15H16N4O2S. The number of aromatic nitrogens is 4. The lowest BCUT2D eigenvalue weighted by Gasteiger charge is -2.12. The van der Waals surface area contributed by atoms with E-state index in [0.29, 0.717) is 15.9 Å². The Labute approximate surface area is 130 Å². The number of aromatic amines is 1. The minimum absolute atomic E-state index is 0.101. The summed E-state index contributed by atoms with van der Waals surface area (Å²) in [5, 5.41) is 10.3. The van der Waals surface area contributed by atoms with Crippen molar-refractivity contribution in [1.82, 2.24) is 19.7 Å². The van der Waals surface area contributed by atoms with Crippen LogP contribution in [0.4, 0.5) is 0 Å². The second-order valence-corrected chi connectivity index (χ2v) is 7.18. The molecule has 1 N–H and O–H groups in total. The molecule has 114 valence electrons. The van der Waals surface area contributed by atoms with E-state index >= 15 is 0 Å². The van der Waals surface area contributed by atoms with Crippen molar-refractivity contribution < 1.29 is 0 Å². The third-order valence-corrected chi connectivity index (χ3v) is 4.62. The van der Waals surface area contributed by atoms with E-state index in [4.69, 9.17) is 0 Å². The minimum atomic E-state index is -0.434. The van der Waals surface area contributed by atoms with Gasteiger partial charge in [0, 0.05) is 5.41 Å². The zero-order valence-corrected chi connectivity index (χ0v) is 13.4. The number of H-pyrrole nitrogens is 1. The van der Waals surface area contributed by atoms with Crippen LogP contribution in [0.1, 0.15) is 30.8 Å². The van der Waals surface area contributed by atoms with Crippen LogP contribution in [0.25, 0.3) is 10.9 Å². The molecule has 6 nitrogen and oxygen atoms in total. The highest BCUT2D eigenvalue weighted by molar-refractivity contribution is 7.11. The van der Waals surface area contributed by atoms with Gasteiger partial charge < -0.3 is 4.98 Å². The smallest absolute Gasteiger partial charge is 0.307 e. The van der Waals surface area contributed by atoms with Crippen molar-refractivity contribution in [3.63, 3.8) is 0 Å². The number of fused-ring (bicyclic) bond motifs is 1. The summed E-state index contributed by atoms with van der Waals surface area (Å²) >= 11 is 1.42.